The third-order valence-corrected chi connectivity index (χ3v) is 14.2. The molecule has 6 heteroatoms. The van der Waals surface area contributed by atoms with E-state index in [1.54, 1.807) is 0 Å². The highest BCUT2D eigenvalue weighted by molar-refractivity contribution is 5.71. The second-order valence-electron chi connectivity index (χ2n) is 20.8. The lowest BCUT2D eigenvalue weighted by atomic mass is 9.99. The Kier molecular flexibility index (Phi) is 50.5. The third-order valence-electron chi connectivity index (χ3n) is 14.2. The van der Waals surface area contributed by atoms with Crippen LogP contribution < -0.4 is 0 Å². The van der Waals surface area contributed by atoms with Gasteiger partial charge in [-0.3, -0.25) is 14.4 Å². The molecule has 0 spiro atoms. The topological polar surface area (TPSA) is 78.9 Å². The lowest BCUT2D eigenvalue weighted by molar-refractivity contribution is -0.167. The van der Waals surface area contributed by atoms with Crippen LogP contribution in [0.5, 0.6) is 0 Å². The highest BCUT2D eigenvalue weighted by Crippen LogP contribution is 2.19. The minimum absolute atomic E-state index is 0.0638. The number of esters is 3. The van der Waals surface area contributed by atoms with Crippen molar-refractivity contribution < 1.29 is 28.6 Å². The molecule has 0 fully saturated rings. The van der Waals surface area contributed by atoms with Gasteiger partial charge >= 0.3 is 17.9 Å². The molecule has 0 aromatic carbocycles. The van der Waals surface area contributed by atoms with Gasteiger partial charge in [0.15, 0.2) is 6.10 Å². The van der Waals surface area contributed by atoms with Crippen molar-refractivity contribution in [2.45, 2.75) is 336 Å². The van der Waals surface area contributed by atoms with Gasteiger partial charge in [0, 0.05) is 19.3 Å². The van der Waals surface area contributed by atoms with Crippen molar-refractivity contribution >= 4 is 17.9 Å². The van der Waals surface area contributed by atoms with E-state index in [1.165, 1.54) is 218 Å². The molecule has 0 heterocycles. The maximum absolute atomic E-state index is 12.8. The van der Waals surface area contributed by atoms with Crippen LogP contribution >= 0.6 is 0 Å². The number of carbonyl (C=O) groups is 3. The van der Waals surface area contributed by atoms with Gasteiger partial charge in [0.05, 0.1) is 0 Å². The number of hydrogen-bond donors (Lipinski definition) is 0. The predicted octanol–water partition coefficient (Wildman–Crippen LogP) is 19.3. The van der Waals surface area contributed by atoms with E-state index in [-0.39, 0.29) is 31.1 Å². The van der Waals surface area contributed by atoms with Crippen LogP contribution in [0, 0.1) is 11.8 Å². The summed E-state index contributed by atoms with van der Waals surface area (Å²) in [5.41, 5.74) is 0. The van der Waals surface area contributed by atoms with Crippen LogP contribution in [0.15, 0.2) is 0 Å². The fraction of sp³-hybridized carbons (Fsp3) is 0.949. The van der Waals surface area contributed by atoms with E-state index < -0.39 is 6.10 Å². The zero-order valence-electron chi connectivity index (χ0n) is 44.6. The molecule has 2 unspecified atom stereocenters. The lowest BCUT2D eigenvalue weighted by Crippen LogP contribution is -2.30. The van der Waals surface area contributed by atoms with E-state index in [0.29, 0.717) is 19.3 Å². The summed E-state index contributed by atoms with van der Waals surface area (Å²) in [6.07, 6.45) is 55.3. The fourth-order valence-corrected chi connectivity index (χ4v) is 8.99. The molecule has 0 aromatic heterocycles. The van der Waals surface area contributed by atoms with Crippen molar-refractivity contribution in [3.63, 3.8) is 0 Å². The molecule has 3 atom stereocenters. The summed E-state index contributed by atoms with van der Waals surface area (Å²) in [4.78, 5) is 38.1. The van der Waals surface area contributed by atoms with Crippen LogP contribution in [-0.4, -0.2) is 37.2 Å². The summed E-state index contributed by atoms with van der Waals surface area (Å²) < 4.78 is 16.9. The highest BCUT2D eigenvalue weighted by Gasteiger charge is 2.19. The summed E-state index contributed by atoms with van der Waals surface area (Å²) in [6.45, 7) is 11.4. The minimum atomic E-state index is -0.763. The molecule has 386 valence electrons. The maximum atomic E-state index is 12.8. The molecule has 0 aromatic rings. The molecule has 0 N–H and O–H groups in total. The Morgan fingerprint density at radius 2 is 0.538 bits per heavy atom. The largest absolute Gasteiger partial charge is 0.462 e. The van der Waals surface area contributed by atoms with Crippen LogP contribution in [0.2, 0.25) is 0 Å². The molecule has 65 heavy (non-hydrogen) atoms. The molecule has 0 aliphatic rings. The molecule has 0 rings (SSSR count). The number of rotatable bonds is 53. The van der Waals surface area contributed by atoms with Crippen molar-refractivity contribution in [3.05, 3.63) is 0 Å². The van der Waals surface area contributed by atoms with E-state index >= 15 is 0 Å². The third kappa shape index (κ3) is 50.1. The van der Waals surface area contributed by atoms with Crippen LogP contribution in [0.1, 0.15) is 330 Å². The van der Waals surface area contributed by atoms with Crippen LogP contribution in [0.4, 0.5) is 0 Å². The predicted molar refractivity (Wildman–Crippen MR) is 280 cm³/mol. The number of carbonyl (C=O) groups excluding carboxylic acids is 3. The summed E-state index contributed by atoms with van der Waals surface area (Å²) >= 11 is 0. The summed E-state index contributed by atoms with van der Waals surface area (Å²) in [6, 6.07) is 0. The molecule has 0 amide bonds. The Bertz CT molecular complexity index is 997. The Balaban J connectivity index is 4.18. The first kappa shape index (κ1) is 63.4. The van der Waals surface area contributed by atoms with Crippen LogP contribution in [0.3, 0.4) is 0 Å². The Hall–Kier alpha value is -1.59. The standard InChI is InChI=1S/C59H114O6/c1-6-9-10-11-12-13-14-15-20-24-27-30-33-39-44-49-57(60)63-52-56(65-59(62)51-46-41-36-35-38-43-48-55(5)8-3)53-64-58(61)50-45-40-34-31-28-25-22-19-17-16-18-21-23-26-29-32-37-42-47-54(4)7-2/h54-56H,6-53H2,1-5H3/t54?,55?,56-/m0/s1. The zero-order valence-corrected chi connectivity index (χ0v) is 44.6. The van der Waals surface area contributed by atoms with Gasteiger partial charge in [-0.25, -0.2) is 0 Å². The summed E-state index contributed by atoms with van der Waals surface area (Å²) in [7, 11) is 0. The molecule has 0 bridgehead atoms. The minimum Gasteiger partial charge on any atom is -0.462 e. The van der Waals surface area contributed by atoms with Gasteiger partial charge in [-0.1, -0.05) is 291 Å². The number of hydrogen-bond acceptors (Lipinski definition) is 6. The van der Waals surface area contributed by atoms with E-state index in [2.05, 4.69) is 34.6 Å². The summed E-state index contributed by atoms with van der Waals surface area (Å²) in [5.74, 6) is 0.876. The van der Waals surface area contributed by atoms with Gasteiger partial charge in [-0.2, -0.15) is 0 Å². The van der Waals surface area contributed by atoms with Gasteiger partial charge in [0.2, 0.25) is 0 Å². The monoisotopic (exact) mass is 919 g/mol. The Morgan fingerprint density at radius 1 is 0.308 bits per heavy atom. The molecule has 0 aliphatic carbocycles. The van der Waals surface area contributed by atoms with Crippen molar-refractivity contribution in [1.82, 2.24) is 0 Å². The van der Waals surface area contributed by atoms with Gasteiger partial charge in [0.1, 0.15) is 13.2 Å². The fourth-order valence-electron chi connectivity index (χ4n) is 8.99. The van der Waals surface area contributed by atoms with Crippen molar-refractivity contribution in [2.24, 2.45) is 11.8 Å². The second-order valence-corrected chi connectivity index (χ2v) is 20.8. The van der Waals surface area contributed by atoms with Gasteiger partial charge in [-0.15, -0.1) is 0 Å². The van der Waals surface area contributed by atoms with E-state index in [9.17, 15) is 14.4 Å². The number of ether oxygens (including phenoxy) is 3. The average Bonchev–Trinajstić information content (AvgIpc) is 3.30. The van der Waals surface area contributed by atoms with Crippen molar-refractivity contribution in [1.29, 1.82) is 0 Å². The average molecular weight is 920 g/mol. The first-order chi connectivity index (χ1) is 31.8. The van der Waals surface area contributed by atoms with Crippen LogP contribution in [-0.2, 0) is 28.6 Å². The van der Waals surface area contributed by atoms with Crippen molar-refractivity contribution in [2.75, 3.05) is 13.2 Å². The molecule has 0 saturated heterocycles. The van der Waals surface area contributed by atoms with Gasteiger partial charge in [0.25, 0.3) is 0 Å². The molecule has 0 radical (unpaired) electrons. The van der Waals surface area contributed by atoms with E-state index in [1.807, 2.05) is 0 Å². The van der Waals surface area contributed by atoms with Gasteiger partial charge < -0.3 is 14.2 Å². The molecule has 6 nitrogen and oxygen atoms in total. The van der Waals surface area contributed by atoms with Crippen molar-refractivity contribution in [3.8, 4) is 0 Å². The first-order valence-electron chi connectivity index (χ1n) is 29.3. The molecule has 0 saturated carbocycles. The van der Waals surface area contributed by atoms with Crippen LogP contribution in [0.25, 0.3) is 0 Å². The van der Waals surface area contributed by atoms with E-state index in [4.69, 9.17) is 14.2 Å². The summed E-state index contributed by atoms with van der Waals surface area (Å²) in [5, 5.41) is 0. The number of unbranched alkanes of at least 4 members (excludes halogenated alkanes) is 36. The second kappa shape index (κ2) is 51.8. The molecular formula is C59H114O6. The van der Waals surface area contributed by atoms with E-state index in [0.717, 1.165) is 69.6 Å². The molecule has 0 aliphatic heterocycles. The zero-order chi connectivity index (χ0) is 47.5. The normalized spacial score (nSPS) is 12.9. The molecular weight excluding hydrogens is 805 g/mol. The Morgan fingerprint density at radius 3 is 0.800 bits per heavy atom. The maximum Gasteiger partial charge on any atom is 0.306 e. The quantitative estimate of drug-likeness (QED) is 0.0344. The first-order valence-corrected chi connectivity index (χ1v) is 29.3. The smallest absolute Gasteiger partial charge is 0.306 e. The Labute approximate surface area is 406 Å². The SMILES string of the molecule is CCCCCCCCCCCCCCCCCC(=O)OC[C@@H](COC(=O)CCCCCCCCCCCCCCCCCCCCC(C)CC)OC(=O)CCCCCCCCC(C)CC. The van der Waals surface area contributed by atoms with Gasteiger partial charge in [-0.05, 0) is 31.1 Å². The lowest BCUT2D eigenvalue weighted by Gasteiger charge is -2.18. The highest BCUT2D eigenvalue weighted by atomic mass is 16.6.